The van der Waals surface area contributed by atoms with Gasteiger partial charge in [-0.15, -0.1) is 0 Å². The highest BCUT2D eigenvalue weighted by atomic mass is 16.6. The Morgan fingerprint density at radius 2 is 1.74 bits per heavy atom. The van der Waals surface area contributed by atoms with E-state index in [1.54, 1.807) is 0 Å². The molecule has 8 heteroatoms. The molecule has 3 atom stereocenters. The number of amides is 2. The number of ether oxygens (including phenoxy) is 2. The average Bonchev–Trinajstić information content (AvgIpc) is 3.40. The molecule has 0 aromatic heterocycles. The quantitative estimate of drug-likeness (QED) is 0.522. The van der Waals surface area contributed by atoms with Crippen molar-refractivity contribution in [1.29, 1.82) is 0 Å². The molecule has 3 N–H and O–H groups in total. The first-order valence-electron chi connectivity index (χ1n) is 11.7. The van der Waals surface area contributed by atoms with Crippen LogP contribution in [0.5, 0.6) is 0 Å². The second kappa shape index (κ2) is 10.7. The number of aliphatic carboxylic acids is 1. The van der Waals surface area contributed by atoms with E-state index in [4.69, 9.17) is 14.6 Å². The first kappa shape index (κ1) is 23.8. The molecule has 34 heavy (non-hydrogen) atoms. The zero-order valence-corrected chi connectivity index (χ0v) is 19.2. The van der Waals surface area contributed by atoms with Crippen LogP contribution in [-0.2, 0) is 19.1 Å². The second-order valence-electron chi connectivity index (χ2n) is 8.75. The van der Waals surface area contributed by atoms with E-state index in [0.29, 0.717) is 19.4 Å². The first-order valence-corrected chi connectivity index (χ1v) is 11.7. The van der Waals surface area contributed by atoms with Crippen LogP contribution in [-0.4, -0.2) is 54.5 Å². The van der Waals surface area contributed by atoms with Crippen LogP contribution >= 0.6 is 0 Å². The van der Waals surface area contributed by atoms with Gasteiger partial charge in [0.15, 0.2) is 6.10 Å². The topological polar surface area (TPSA) is 114 Å². The molecular formula is C26H30N2O6. The largest absolute Gasteiger partial charge is 0.481 e. The second-order valence-corrected chi connectivity index (χ2v) is 8.75. The van der Waals surface area contributed by atoms with Gasteiger partial charge >= 0.3 is 12.1 Å². The number of nitrogens with one attached hydrogen (secondary N) is 2. The van der Waals surface area contributed by atoms with Gasteiger partial charge in [0, 0.05) is 18.6 Å². The molecule has 180 valence electrons. The molecule has 0 radical (unpaired) electrons. The van der Waals surface area contributed by atoms with E-state index < -0.39 is 36.2 Å². The maximum absolute atomic E-state index is 12.7. The molecule has 0 saturated carbocycles. The van der Waals surface area contributed by atoms with Crippen molar-refractivity contribution < 1.29 is 29.0 Å². The number of carboxylic acid groups (broad SMARTS) is 1. The Bertz CT molecular complexity index is 1010. The van der Waals surface area contributed by atoms with Crippen molar-refractivity contribution in [3.63, 3.8) is 0 Å². The minimum atomic E-state index is -0.973. The van der Waals surface area contributed by atoms with E-state index in [-0.39, 0.29) is 18.9 Å². The van der Waals surface area contributed by atoms with Gasteiger partial charge in [-0.2, -0.15) is 0 Å². The lowest BCUT2D eigenvalue weighted by atomic mass is 9.98. The minimum Gasteiger partial charge on any atom is -0.481 e. The Hall–Kier alpha value is -3.39. The molecule has 2 aliphatic rings. The standard InChI is InChI=1S/C26H30N2O6/c1-2-7-16(14-23(29)30)27-25(31)24-22(12-13-33-24)28-26(32)34-15-21-19-10-5-3-8-17(19)18-9-4-6-11-20(18)21/h3-6,8-11,16,21-22,24H,2,7,12-15H2,1H3,(H,27,31)(H,28,32)(H,29,30)/t16-,22?,24?/m1/s1. The summed E-state index contributed by atoms with van der Waals surface area (Å²) < 4.78 is 11.1. The lowest BCUT2D eigenvalue weighted by Gasteiger charge is -2.23. The Balaban J connectivity index is 1.35. The van der Waals surface area contributed by atoms with E-state index in [2.05, 4.69) is 34.9 Å². The monoisotopic (exact) mass is 466 g/mol. The van der Waals surface area contributed by atoms with Crippen molar-refractivity contribution >= 4 is 18.0 Å². The molecule has 8 nitrogen and oxygen atoms in total. The highest BCUT2D eigenvalue weighted by molar-refractivity contribution is 5.84. The summed E-state index contributed by atoms with van der Waals surface area (Å²) in [7, 11) is 0. The Morgan fingerprint density at radius 3 is 2.35 bits per heavy atom. The Morgan fingerprint density at radius 1 is 1.09 bits per heavy atom. The number of hydrogen-bond donors (Lipinski definition) is 3. The first-order chi connectivity index (χ1) is 16.5. The molecule has 1 heterocycles. The molecular weight excluding hydrogens is 436 g/mol. The van der Waals surface area contributed by atoms with Gasteiger partial charge in [-0.25, -0.2) is 4.79 Å². The average molecular weight is 467 g/mol. The van der Waals surface area contributed by atoms with Crippen molar-refractivity contribution in [3.05, 3.63) is 59.7 Å². The molecule has 2 amide bonds. The van der Waals surface area contributed by atoms with Gasteiger partial charge in [0.05, 0.1) is 12.5 Å². The number of fused-ring (bicyclic) bond motifs is 3. The number of carbonyl (C=O) groups is 3. The summed E-state index contributed by atoms with van der Waals surface area (Å²) in [5.74, 6) is -1.44. The fraction of sp³-hybridized carbons (Fsp3) is 0.423. The molecule has 2 aromatic rings. The van der Waals surface area contributed by atoms with Crippen molar-refractivity contribution in [2.24, 2.45) is 0 Å². The normalized spacial score (nSPS) is 19.7. The van der Waals surface area contributed by atoms with Gasteiger partial charge in [0.1, 0.15) is 6.61 Å². The van der Waals surface area contributed by atoms with E-state index in [1.165, 1.54) is 0 Å². The molecule has 1 saturated heterocycles. The fourth-order valence-electron chi connectivity index (χ4n) is 4.86. The van der Waals surface area contributed by atoms with Crippen LogP contribution in [0.1, 0.15) is 49.7 Å². The summed E-state index contributed by atoms with van der Waals surface area (Å²) in [6.45, 7) is 2.43. The van der Waals surface area contributed by atoms with Crippen LogP contribution in [0.3, 0.4) is 0 Å². The summed E-state index contributed by atoms with van der Waals surface area (Å²) >= 11 is 0. The number of carboxylic acids is 1. The third kappa shape index (κ3) is 5.22. The highest BCUT2D eigenvalue weighted by Crippen LogP contribution is 2.44. The van der Waals surface area contributed by atoms with E-state index >= 15 is 0 Å². The Labute approximate surface area is 198 Å². The van der Waals surface area contributed by atoms with Gasteiger partial charge in [-0.05, 0) is 35.1 Å². The number of alkyl carbamates (subject to hydrolysis) is 1. The van der Waals surface area contributed by atoms with Gasteiger partial charge < -0.3 is 25.2 Å². The van der Waals surface area contributed by atoms with Crippen molar-refractivity contribution in [2.75, 3.05) is 13.2 Å². The SMILES string of the molecule is CCC[C@H](CC(=O)O)NC(=O)C1OCCC1NC(=O)OCC1c2ccccc2-c2ccccc21. The summed E-state index contributed by atoms with van der Waals surface area (Å²) in [5, 5.41) is 14.6. The van der Waals surface area contributed by atoms with E-state index in [0.717, 1.165) is 28.7 Å². The Kier molecular flexibility index (Phi) is 7.47. The fourth-order valence-corrected chi connectivity index (χ4v) is 4.86. The lowest BCUT2D eigenvalue weighted by Crippen LogP contribution is -2.51. The van der Waals surface area contributed by atoms with Crippen LogP contribution in [0.15, 0.2) is 48.5 Å². The smallest absolute Gasteiger partial charge is 0.407 e. The molecule has 4 rings (SSSR count). The summed E-state index contributed by atoms with van der Waals surface area (Å²) in [6.07, 6.45) is 0.121. The zero-order valence-electron chi connectivity index (χ0n) is 19.2. The summed E-state index contributed by atoms with van der Waals surface area (Å²) in [5.41, 5.74) is 4.55. The molecule has 2 aromatic carbocycles. The van der Waals surface area contributed by atoms with E-state index in [9.17, 15) is 14.4 Å². The van der Waals surface area contributed by atoms with Crippen LogP contribution in [0.25, 0.3) is 11.1 Å². The maximum atomic E-state index is 12.7. The van der Waals surface area contributed by atoms with Gasteiger partial charge in [0.25, 0.3) is 5.91 Å². The number of rotatable bonds is 9. The summed E-state index contributed by atoms with van der Waals surface area (Å²) in [6, 6.07) is 15.2. The number of benzene rings is 2. The van der Waals surface area contributed by atoms with E-state index in [1.807, 2.05) is 31.2 Å². The molecule has 0 spiro atoms. The molecule has 0 bridgehead atoms. The van der Waals surface area contributed by atoms with Crippen molar-refractivity contribution in [3.8, 4) is 11.1 Å². The van der Waals surface area contributed by atoms with Gasteiger partial charge in [-0.3, -0.25) is 9.59 Å². The minimum absolute atomic E-state index is 0.0529. The third-order valence-corrected chi connectivity index (χ3v) is 6.40. The lowest BCUT2D eigenvalue weighted by molar-refractivity contribution is -0.138. The van der Waals surface area contributed by atoms with Crippen molar-refractivity contribution in [1.82, 2.24) is 10.6 Å². The van der Waals surface area contributed by atoms with Crippen molar-refractivity contribution in [2.45, 2.75) is 56.7 Å². The zero-order chi connectivity index (χ0) is 24.1. The van der Waals surface area contributed by atoms with Crippen LogP contribution in [0.2, 0.25) is 0 Å². The number of carbonyl (C=O) groups excluding carboxylic acids is 2. The third-order valence-electron chi connectivity index (χ3n) is 6.40. The maximum Gasteiger partial charge on any atom is 0.407 e. The van der Waals surface area contributed by atoms with Crippen LogP contribution in [0.4, 0.5) is 4.79 Å². The molecule has 1 aliphatic heterocycles. The summed E-state index contributed by atoms with van der Waals surface area (Å²) in [4.78, 5) is 36.4. The molecule has 2 unspecified atom stereocenters. The van der Waals surface area contributed by atoms with Crippen LogP contribution < -0.4 is 10.6 Å². The number of hydrogen-bond acceptors (Lipinski definition) is 5. The predicted octanol–water partition coefficient (Wildman–Crippen LogP) is 3.44. The highest BCUT2D eigenvalue weighted by Gasteiger charge is 2.37. The predicted molar refractivity (Wildman–Crippen MR) is 125 cm³/mol. The molecule has 1 aliphatic carbocycles. The van der Waals surface area contributed by atoms with Crippen LogP contribution in [0, 0.1) is 0 Å². The molecule has 1 fully saturated rings. The van der Waals surface area contributed by atoms with Gasteiger partial charge in [-0.1, -0.05) is 61.9 Å². The van der Waals surface area contributed by atoms with Gasteiger partial charge in [0.2, 0.25) is 0 Å².